The maximum absolute atomic E-state index is 12.3. The minimum atomic E-state index is -0.213. The summed E-state index contributed by atoms with van der Waals surface area (Å²) in [5, 5.41) is 15.7. The molecule has 3 N–H and O–H groups in total. The number of benzene rings is 1. The minimum Gasteiger partial charge on any atom is -0.506 e. The maximum atomic E-state index is 12.3. The van der Waals surface area contributed by atoms with Crippen LogP contribution in [0.25, 0.3) is 0 Å². The Balaban J connectivity index is 1.43. The number of amides is 2. The molecule has 0 spiro atoms. The van der Waals surface area contributed by atoms with Crippen LogP contribution in [0.2, 0.25) is 0 Å². The fourth-order valence-electron chi connectivity index (χ4n) is 5.80. The Morgan fingerprint density at radius 1 is 1.13 bits per heavy atom. The molecule has 4 aliphatic carbocycles. The smallest absolute Gasteiger partial charge is 0.319 e. The van der Waals surface area contributed by atoms with Gasteiger partial charge in [-0.3, -0.25) is 0 Å². The second-order valence-corrected chi connectivity index (χ2v) is 8.12. The number of urea groups is 1. The van der Waals surface area contributed by atoms with Crippen LogP contribution in [0.1, 0.15) is 45.4 Å². The van der Waals surface area contributed by atoms with Crippen molar-refractivity contribution in [3.8, 4) is 5.75 Å². The number of carbonyl (C=O) groups is 1. The van der Waals surface area contributed by atoms with Gasteiger partial charge < -0.3 is 15.7 Å². The molecule has 4 fully saturated rings. The fourth-order valence-corrected chi connectivity index (χ4v) is 5.80. The number of para-hydroxylation sites is 2. The van der Waals surface area contributed by atoms with Crippen LogP contribution < -0.4 is 10.6 Å². The lowest BCUT2D eigenvalue weighted by Crippen LogP contribution is -2.56. The van der Waals surface area contributed by atoms with Crippen LogP contribution in [0.5, 0.6) is 5.75 Å². The predicted octanol–water partition coefficient (Wildman–Crippen LogP) is 4.12. The highest BCUT2D eigenvalue weighted by atomic mass is 16.3. The van der Waals surface area contributed by atoms with Gasteiger partial charge in [0, 0.05) is 6.04 Å². The van der Waals surface area contributed by atoms with Gasteiger partial charge >= 0.3 is 6.03 Å². The third-order valence-electron chi connectivity index (χ3n) is 6.50. The molecule has 0 heterocycles. The summed E-state index contributed by atoms with van der Waals surface area (Å²) < 4.78 is 0. The average molecular weight is 314 g/mol. The van der Waals surface area contributed by atoms with E-state index >= 15 is 0 Å². The van der Waals surface area contributed by atoms with E-state index in [1.807, 2.05) is 0 Å². The standard InChI is InChI=1S/C19H26N2O2/c1-12(20-18(23)21-16-4-2-3-5-17(16)22)19-9-13-6-14(10-19)8-15(7-13)11-19/h2-5,12-15,22H,6-11H2,1H3,(H2,20,21,23). The van der Waals surface area contributed by atoms with Gasteiger partial charge in [-0.1, -0.05) is 12.1 Å². The minimum absolute atomic E-state index is 0.102. The molecule has 1 aromatic carbocycles. The first kappa shape index (κ1) is 14.9. The van der Waals surface area contributed by atoms with Crippen LogP contribution >= 0.6 is 0 Å². The van der Waals surface area contributed by atoms with E-state index in [2.05, 4.69) is 17.6 Å². The Hall–Kier alpha value is -1.71. The van der Waals surface area contributed by atoms with E-state index in [1.54, 1.807) is 24.3 Å². The summed E-state index contributed by atoms with van der Waals surface area (Å²) in [6.45, 7) is 2.16. The highest BCUT2D eigenvalue weighted by molar-refractivity contribution is 5.91. The van der Waals surface area contributed by atoms with E-state index in [-0.39, 0.29) is 17.8 Å². The molecule has 4 nitrogen and oxygen atoms in total. The molecule has 1 aromatic rings. The van der Waals surface area contributed by atoms with Crippen LogP contribution in [0, 0.1) is 23.2 Å². The molecule has 4 saturated carbocycles. The van der Waals surface area contributed by atoms with Crippen molar-refractivity contribution in [3.63, 3.8) is 0 Å². The number of hydrogen-bond donors (Lipinski definition) is 3. The Labute approximate surface area is 137 Å². The number of rotatable bonds is 3. The van der Waals surface area contributed by atoms with Crippen molar-refractivity contribution in [3.05, 3.63) is 24.3 Å². The first-order valence-corrected chi connectivity index (χ1v) is 8.89. The van der Waals surface area contributed by atoms with Crippen molar-refractivity contribution >= 4 is 11.7 Å². The third kappa shape index (κ3) is 2.68. The number of aromatic hydroxyl groups is 1. The van der Waals surface area contributed by atoms with E-state index < -0.39 is 0 Å². The third-order valence-corrected chi connectivity index (χ3v) is 6.50. The van der Waals surface area contributed by atoms with Crippen molar-refractivity contribution in [2.45, 2.75) is 51.5 Å². The topological polar surface area (TPSA) is 61.4 Å². The molecule has 0 aliphatic heterocycles. The van der Waals surface area contributed by atoms with Gasteiger partial charge in [-0.2, -0.15) is 0 Å². The molecular formula is C19H26N2O2. The molecule has 4 heteroatoms. The van der Waals surface area contributed by atoms with Crippen LogP contribution in [0.15, 0.2) is 24.3 Å². The van der Waals surface area contributed by atoms with Gasteiger partial charge in [0.1, 0.15) is 5.75 Å². The molecule has 0 aromatic heterocycles. The lowest BCUT2D eigenvalue weighted by atomic mass is 9.48. The summed E-state index contributed by atoms with van der Waals surface area (Å²) in [6, 6.07) is 6.81. The van der Waals surface area contributed by atoms with Gasteiger partial charge in [0.05, 0.1) is 5.69 Å². The number of carbonyl (C=O) groups excluding carboxylic acids is 1. The number of nitrogens with one attached hydrogen (secondary N) is 2. The SMILES string of the molecule is CC(NC(=O)Nc1ccccc1O)C12CC3CC(CC(C3)C1)C2. The lowest BCUT2D eigenvalue weighted by Gasteiger charge is -2.59. The molecule has 0 saturated heterocycles. The summed E-state index contributed by atoms with van der Waals surface area (Å²) >= 11 is 0. The van der Waals surface area contributed by atoms with Gasteiger partial charge in [-0.25, -0.2) is 4.79 Å². The Kier molecular flexibility index (Phi) is 3.51. The summed E-state index contributed by atoms with van der Waals surface area (Å²) in [5.74, 6) is 2.75. The number of phenolic OH excluding ortho intramolecular Hbond substituents is 1. The zero-order valence-corrected chi connectivity index (χ0v) is 13.7. The Morgan fingerprint density at radius 3 is 2.26 bits per heavy atom. The van der Waals surface area contributed by atoms with Crippen molar-refractivity contribution in [1.82, 2.24) is 5.32 Å². The molecule has 4 aliphatic rings. The van der Waals surface area contributed by atoms with Crippen molar-refractivity contribution < 1.29 is 9.90 Å². The molecule has 1 atom stereocenters. The van der Waals surface area contributed by atoms with Gasteiger partial charge in [-0.05, 0) is 80.8 Å². The van der Waals surface area contributed by atoms with E-state index in [0.29, 0.717) is 11.1 Å². The average Bonchev–Trinajstić information content (AvgIpc) is 2.48. The Bertz CT molecular complexity index is 578. The number of phenols is 1. The normalized spacial score (nSPS) is 35.8. The molecular weight excluding hydrogens is 288 g/mol. The fraction of sp³-hybridized carbons (Fsp3) is 0.632. The maximum Gasteiger partial charge on any atom is 0.319 e. The predicted molar refractivity (Wildman–Crippen MR) is 90.3 cm³/mol. The highest BCUT2D eigenvalue weighted by Crippen LogP contribution is 2.61. The molecule has 4 bridgehead atoms. The van der Waals surface area contributed by atoms with Gasteiger partial charge in [0.25, 0.3) is 0 Å². The lowest BCUT2D eigenvalue weighted by molar-refractivity contribution is -0.0679. The second-order valence-electron chi connectivity index (χ2n) is 8.12. The molecule has 1 unspecified atom stereocenters. The van der Waals surface area contributed by atoms with E-state index in [1.165, 1.54) is 38.5 Å². The summed E-state index contributed by atoms with van der Waals surface area (Å²) in [6.07, 6.45) is 8.06. The Morgan fingerprint density at radius 2 is 1.70 bits per heavy atom. The van der Waals surface area contributed by atoms with E-state index in [4.69, 9.17) is 0 Å². The van der Waals surface area contributed by atoms with Gasteiger partial charge in [-0.15, -0.1) is 0 Å². The molecule has 124 valence electrons. The molecule has 5 rings (SSSR count). The molecule has 2 amide bonds. The summed E-state index contributed by atoms with van der Waals surface area (Å²) in [5.41, 5.74) is 0.757. The van der Waals surface area contributed by atoms with Crippen molar-refractivity contribution in [1.29, 1.82) is 0 Å². The first-order valence-electron chi connectivity index (χ1n) is 8.89. The van der Waals surface area contributed by atoms with Crippen LogP contribution in [-0.4, -0.2) is 17.2 Å². The highest BCUT2D eigenvalue weighted by Gasteiger charge is 2.53. The second kappa shape index (κ2) is 5.43. The van der Waals surface area contributed by atoms with Gasteiger partial charge in [0.2, 0.25) is 0 Å². The van der Waals surface area contributed by atoms with Crippen LogP contribution in [-0.2, 0) is 0 Å². The van der Waals surface area contributed by atoms with Crippen molar-refractivity contribution in [2.24, 2.45) is 23.2 Å². The largest absolute Gasteiger partial charge is 0.506 e. The molecule has 23 heavy (non-hydrogen) atoms. The van der Waals surface area contributed by atoms with Crippen LogP contribution in [0.4, 0.5) is 10.5 Å². The summed E-state index contributed by atoms with van der Waals surface area (Å²) in [4.78, 5) is 12.3. The summed E-state index contributed by atoms with van der Waals surface area (Å²) in [7, 11) is 0. The quantitative estimate of drug-likeness (QED) is 0.735. The number of anilines is 1. The monoisotopic (exact) mass is 314 g/mol. The zero-order chi connectivity index (χ0) is 16.0. The van der Waals surface area contributed by atoms with Gasteiger partial charge in [0.15, 0.2) is 0 Å². The number of hydrogen-bond acceptors (Lipinski definition) is 2. The molecule has 0 radical (unpaired) electrons. The first-order chi connectivity index (χ1) is 11.0. The van der Waals surface area contributed by atoms with E-state index in [0.717, 1.165) is 17.8 Å². The van der Waals surface area contributed by atoms with Crippen molar-refractivity contribution in [2.75, 3.05) is 5.32 Å². The van der Waals surface area contributed by atoms with Crippen LogP contribution in [0.3, 0.4) is 0 Å². The zero-order valence-electron chi connectivity index (χ0n) is 13.7. The van der Waals surface area contributed by atoms with E-state index in [9.17, 15) is 9.90 Å².